The summed E-state index contributed by atoms with van der Waals surface area (Å²) in [5.74, 6) is 0. The highest BCUT2D eigenvalue weighted by molar-refractivity contribution is 7.89. The van der Waals surface area contributed by atoms with Crippen molar-refractivity contribution >= 4 is 29.4 Å². The molecule has 0 aromatic carbocycles. The maximum absolute atomic E-state index is 4.09. The molecular weight excluding hydrogens is 256 g/mol. The summed E-state index contributed by atoms with van der Waals surface area (Å²) in [4.78, 5) is 0. The third-order valence-corrected chi connectivity index (χ3v) is 78.3. The smallest absolute Gasteiger partial charge is 0.0412 e. The van der Waals surface area contributed by atoms with Crippen molar-refractivity contribution in [1.82, 2.24) is 0 Å². The zero-order chi connectivity index (χ0) is 13.4. The minimum absolute atomic E-state index is 1.04. The van der Waals surface area contributed by atoms with Gasteiger partial charge in [-0.15, -0.1) is 6.58 Å². The lowest BCUT2D eigenvalue weighted by Gasteiger charge is -2.57. The number of hydrogen-bond acceptors (Lipinski definition) is 0. The lowest BCUT2D eigenvalue weighted by Crippen LogP contribution is -2.82. The van der Waals surface area contributed by atoms with E-state index in [-0.39, 0.29) is 0 Å². The molecule has 0 aliphatic rings. The van der Waals surface area contributed by atoms with Gasteiger partial charge in [-0.05, 0) is 6.04 Å². The van der Waals surface area contributed by atoms with Gasteiger partial charge in [0.25, 0.3) is 0 Å². The Morgan fingerprint density at radius 2 is 0.938 bits per heavy atom. The molecule has 0 fully saturated rings. The van der Waals surface area contributed by atoms with E-state index < -0.39 is 29.4 Å². The predicted molar refractivity (Wildman–Crippen MR) is 90.8 cm³/mol. The topological polar surface area (TPSA) is 0 Å². The van der Waals surface area contributed by atoms with Gasteiger partial charge < -0.3 is 0 Å². The van der Waals surface area contributed by atoms with Crippen molar-refractivity contribution in [2.45, 2.75) is 65.0 Å². The minimum Gasteiger partial charge on any atom is -0.103 e. The van der Waals surface area contributed by atoms with Crippen molar-refractivity contribution in [2.75, 3.05) is 0 Å². The molecule has 0 N–H and O–H groups in total. The third-order valence-electron chi connectivity index (χ3n) is 4.29. The molecule has 0 aliphatic carbocycles. The van der Waals surface area contributed by atoms with Gasteiger partial charge in [0.2, 0.25) is 0 Å². The lowest BCUT2D eigenvalue weighted by molar-refractivity contribution is 1.60. The van der Waals surface area contributed by atoms with Crippen molar-refractivity contribution in [2.24, 2.45) is 0 Å². The highest BCUT2D eigenvalue weighted by atomic mass is 29.9. The molecule has 0 radical (unpaired) electrons. The summed E-state index contributed by atoms with van der Waals surface area (Å²) in [7, 11) is -3.11. The maximum atomic E-state index is 4.09. The second-order valence-corrected chi connectivity index (χ2v) is 49.5. The summed E-state index contributed by atoms with van der Waals surface area (Å²) in [6.45, 7) is 26.7. The average Bonchev–Trinajstić information content (AvgIpc) is 1.91. The van der Waals surface area contributed by atoms with Crippen LogP contribution < -0.4 is 0 Å². The van der Waals surface area contributed by atoms with Crippen LogP contribution in [0.1, 0.15) is 0 Å². The molecule has 0 aromatic rings. The van der Waals surface area contributed by atoms with Crippen molar-refractivity contribution < 1.29 is 0 Å². The number of rotatable bonds is 5. The SMILES string of the molecule is C=CC[Si]([Si](C)(C)C)([Si](C)(C)C)[Si](C)(C)C. The average molecular weight is 289 g/mol. The van der Waals surface area contributed by atoms with Gasteiger partial charge in [-0.1, -0.05) is 65.0 Å². The molecule has 0 bridgehead atoms. The largest absolute Gasteiger partial charge is 0.103 e. The first-order valence-electron chi connectivity index (χ1n) is 6.42. The van der Waals surface area contributed by atoms with Crippen molar-refractivity contribution in [3.63, 3.8) is 0 Å². The molecule has 0 saturated heterocycles. The van der Waals surface area contributed by atoms with Crippen LogP contribution in [0.2, 0.25) is 65.0 Å². The second kappa shape index (κ2) is 4.70. The van der Waals surface area contributed by atoms with E-state index in [9.17, 15) is 0 Å². The van der Waals surface area contributed by atoms with Gasteiger partial charge >= 0.3 is 0 Å². The van der Waals surface area contributed by atoms with E-state index in [0.29, 0.717) is 0 Å². The molecule has 0 amide bonds. The van der Waals surface area contributed by atoms with Crippen molar-refractivity contribution in [1.29, 1.82) is 0 Å². The Hall–Kier alpha value is 0.608. The standard InChI is InChI=1S/C12H32Si4/c1-11-12-16(13(2,3)4,14(5,6)7)15(8,9)10/h11H,1,12H2,2-10H3. The van der Waals surface area contributed by atoms with E-state index in [1.165, 1.54) is 6.04 Å². The molecule has 0 spiro atoms. The Kier molecular flexibility index (Phi) is 4.88. The van der Waals surface area contributed by atoms with Crippen LogP contribution >= 0.6 is 0 Å². The highest BCUT2D eigenvalue weighted by Gasteiger charge is 2.60. The van der Waals surface area contributed by atoms with E-state index in [0.717, 1.165) is 0 Å². The summed E-state index contributed by atoms with van der Waals surface area (Å²) in [6, 6.07) is 1.40. The van der Waals surface area contributed by atoms with Gasteiger partial charge in [-0.3, -0.25) is 0 Å². The third kappa shape index (κ3) is 2.71. The molecule has 4 heteroatoms. The molecule has 0 unspecified atom stereocenters. The fraction of sp³-hybridized carbons (Fsp3) is 0.833. The Morgan fingerprint density at radius 1 is 0.688 bits per heavy atom. The van der Waals surface area contributed by atoms with E-state index in [1.807, 2.05) is 0 Å². The van der Waals surface area contributed by atoms with Crippen LogP contribution in [0.4, 0.5) is 0 Å². The molecule has 0 nitrogen and oxygen atoms in total. The van der Waals surface area contributed by atoms with Crippen molar-refractivity contribution in [3.8, 4) is 0 Å². The second-order valence-electron chi connectivity index (χ2n) is 8.15. The van der Waals surface area contributed by atoms with Crippen LogP contribution in [-0.4, -0.2) is 29.4 Å². The van der Waals surface area contributed by atoms with Crippen LogP contribution in [0.25, 0.3) is 0 Å². The number of allylic oxidation sites excluding steroid dienone is 1. The fourth-order valence-corrected chi connectivity index (χ4v) is 101. The summed E-state index contributed by atoms with van der Waals surface area (Å²) in [5.41, 5.74) is 0. The lowest BCUT2D eigenvalue weighted by atomic mass is 10.8. The summed E-state index contributed by atoms with van der Waals surface area (Å²) in [6.07, 6.45) is 2.26. The first kappa shape index (κ1) is 16.6. The van der Waals surface area contributed by atoms with Crippen molar-refractivity contribution in [3.05, 3.63) is 12.7 Å². The Balaban J connectivity index is 5.92. The Bertz CT molecular complexity index is 214. The quantitative estimate of drug-likeness (QED) is 0.500. The monoisotopic (exact) mass is 288 g/mol. The number of hydrogen-bond donors (Lipinski definition) is 0. The summed E-state index contributed by atoms with van der Waals surface area (Å²) < 4.78 is 0. The highest BCUT2D eigenvalue weighted by Crippen LogP contribution is 2.39. The minimum atomic E-state index is -1.10. The molecule has 0 rings (SSSR count). The molecule has 16 heavy (non-hydrogen) atoms. The van der Waals surface area contributed by atoms with Gasteiger partial charge in [-0.2, -0.15) is 0 Å². The zero-order valence-electron chi connectivity index (χ0n) is 13.0. The molecule has 0 atom stereocenters. The molecule has 0 heterocycles. The maximum Gasteiger partial charge on any atom is 0.0412 e. The molecular formula is C12H32Si4. The van der Waals surface area contributed by atoms with Gasteiger partial charge in [0.05, 0.1) is 0 Å². The Labute approximate surface area is 107 Å². The van der Waals surface area contributed by atoms with E-state index in [1.54, 1.807) is 0 Å². The van der Waals surface area contributed by atoms with Crippen LogP contribution in [0.3, 0.4) is 0 Å². The van der Waals surface area contributed by atoms with Crippen LogP contribution in [0.5, 0.6) is 0 Å². The van der Waals surface area contributed by atoms with E-state index in [2.05, 4.69) is 71.6 Å². The predicted octanol–water partition coefficient (Wildman–Crippen LogP) is 4.87. The molecule has 0 aromatic heterocycles. The first-order valence-corrected chi connectivity index (χ1v) is 22.1. The van der Waals surface area contributed by atoms with Crippen LogP contribution in [-0.2, 0) is 0 Å². The normalized spacial score (nSPS) is 15.1. The van der Waals surface area contributed by atoms with Crippen LogP contribution in [0.15, 0.2) is 12.7 Å². The fourth-order valence-electron chi connectivity index (χ4n) is 4.51. The van der Waals surface area contributed by atoms with E-state index >= 15 is 0 Å². The van der Waals surface area contributed by atoms with E-state index in [4.69, 9.17) is 0 Å². The van der Waals surface area contributed by atoms with Gasteiger partial charge in [-0.25, -0.2) is 0 Å². The van der Waals surface area contributed by atoms with Gasteiger partial charge in [0, 0.05) is 29.4 Å². The molecule has 0 aliphatic heterocycles. The zero-order valence-corrected chi connectivity index (χ0v) is 17.0. The van der Waals surface area contributed by atoms with Crippen LogP contribution in [0, 0.1) is 0 Å². The summed E-state index contributed by atoms with van der Waals surface area (Å²) >= 11 is 0. The van der Waals surface area contributed by atoms with Gasteiger partial charge in [0.1, 0.15) is 0 Å². The molecule has 96 valence electrons. The first-order chi connectivity index (χ1) is 6.81. The molecule has 0 saturated carbocycles. The summed E-state index contributed by atoms with van der Waals surface area (Å²) in [5, 5.41) is 0. The Morgan fingerprint density at radius 3 is 1.00 bits per heavy atom. The van der Waals surface area contributed by atoms with Gasteiger partial charge in [0.15, 0.2) is 0 Å².